The first-order valence-corrected chi connectivity index (χ1v) is 7.91. The number of rotatable bonds is 6. The summed E-state index contributed by atoms with van der Waals surface area (Å²) in [5.74, 6) is 2.61. The van der Waals surface area contributed by atoms with Crippen molar-refractivity contribution in [3.63, 3.8) is 0 Å². The van der Waals surface area contributed by atoms with E-state index in [9.17, 15) is 4.79 Å². The molecule has 4 nitrogen and oxygen atoms in total. The second kappa shape index (κ2) is 9.11. The minimum absolute atomic E-state index is 0.00192. The molecule has 1 aromatic carbocycles. The quantitative estimate of drug-likeness (QED) is 0.647. The molecule has 0 saturated carbocycles. The number of amides is 2. The van der Waals surface area contributed by atoms with Crippen LogP contribution in [0.4, 0.5) is 4.79 Å². The fourth-order valence-corrected chi connectivity index (χ4v) is 2.56. The second-order valence-corrected chi connectivity index (χ2v) is 5.52. The molecule has 0 radical (unpaired) electrons. The number of hydrogen-bond acceptors (Lipinski definition) is 2. The van der Waals surface area contributed by atoms with Gasteiger partial charge in [0.15, 0.2) is 0 Å². The van der Waals surface area contributed by atoms with Crippen molar-refractivity contribution < 1.29 is 9.53 Å². The Kier molecular flexibility index (Phi) is 6.79. The molecule has 1 N–H and O–H groups in total. The van der Waals surface area contributed by atoms with Crippen LogP contribution in [0, 0.1) is 12.3 Å². The highest BCUT2D eigenvalue weighted by Crippen LogP contribution is 2.11. The van der Waals surface area contributed by atoms with Gasteiger partial charge in [-0.25, -0.2) is 4.79 Å². The number of unbranched alkanes of at least 4 members (excludes halogenated alkanes) is 2. The number of terminal acetylenes is 1. The number of carbonyl (C=O) groups excluding carboxylic acids is 1. The second-order valence-electron chi connectivity index (χ2n) is 5.52. The Morgan fingerprint density at radius 3 is 2.95 bits per heavy atom. The van der Waals surface area contributed by atoms with Crippen LogP contribution in [0.3, 0.4) is 0 Å². The van der Waals surface area contributed by atoms with E-state index in [0.717, 1.165) is 25.7 Å². The van der Waals surface area contributed by atoms with Crippen LogP contribution < -0.4 is 5.32 Å². The molecule has 1 fully saturated rings. The molecule has 1 atom stereocenters. The van der Waals surface area contributed by atoms with Gasteiger partial charge in [-0.2, -0.15) is 0 Å². The topological polar surface area (TPSA) is 41.6 Å². The molecule has 4 heteroatoms. The maximum Gasteiger partial charge on any atom is 0.317 e. The maximum absolute atomic E-state index is 12.1. The molecule has 1 aliphatic heterocycles. The van der Waals surface area contributed by atoms with Gasteiger partial charge in [0.2, 0.25) is 0 Å². The third-order valence-electron chi connectivity index (χ3n) is 3.76. The molecule has 22 heavy (non-hydrogen) atoms. The zero-order valence-electron chi connectivity index (χ0n) is 13.0. The SMILES string of the molecule is C#CCCCCNC(=O)N1CCO[C@H](Cc2ccccc2)C1. The van der Waals surface area contributed by atoms with Crippen LogP contribution in [-0.4, -0.2) is 43.3 Å². The predicted molar refractivity (Wildman–Crippen MR) is 87.5 cm³/mol. The van der Waals surface area contributed by atoms with Gasteiger partial charge in [0, 0.05) is 32.5 Å². The summed E-state index contributed by atoms with van der Waals surface area (Å²) >= 11 is 0. The fourth-order valence-electron chi connectivity index (χ4n) is 2.56. The van der Waals surface area contributed by atoms with E-state index >= 15 is 0 Å². The zero-order valence-corrected chi connectivity index (χ0v) is 13.0. The van der Waals surface area contributed by atoms with Gasteiger partial charge in [0.05, 0.1) is 12.7 Å². The number of urea groups is 1. The summed E-state index contributed by atoms with van der Waals surface area (Å²) in [5, 5.41) is 2.96. The minimum Gasteiger partial charge on any atom is -0.374 e. The van der Waals surface area contributed by atoms with Crippen LogP contribution >= 0.6 is 0 Å². The van der Waals surface area contributed by atoms with E-state index in [1.807, 2.05) is 23.1 Å². The van der Waals surface area contributed by atoms with Gasteiger partial charge in [-0.1, -0.05) is 30.3 Å². The summed E-state index contributed by atoms with van der Waals surface area (Å²) in [7, 11) is 0. The Morgan fingerprint density at radius 2 is 2.18 bits per heavy atom. The first-order chi connectivity index (χ1) is 10.8. The van der Waals surface area contributed by atoms with Gasteiger partial charge in [0.1, 0.15) is 0 Å². The lowest BCUT2D eigenvalue weighted by molar-refractivity contribution is -0.0132. The Hall–Kier alpha value is -1.99. The number of nitrogens with zero attached hydrogens (tertiary/aromatic N) is 1. The lowest BCUT2D eigenvalue weighted by Crippen LogP contribution is -2.50. The molecule has 0 aromatic heterocycles. The maximum atomic E-state index is 12.1. The number of carbonyl (C=O) groups is 1. The first-order valence-electron chi connectivity index (χ1n) is 7.91. The Balaban J connectivity index is 1.73. The average Bonchev–Trinajstić information content (AvgIpc) is 2.56. The molecule has 2 amide bonds. The van der Waals surface area contributed by atoms with E-state index in [2.05, 4.69) is 23.4 Å². The summed E-state index contributed by atoms with van der Waals surface area (Å²) in [6.45, 7) is 2.58. The zero-order chi connectivity index (χ0) is 15.6. The third-order valence-corrected chi connectivity index (χ3v) is 3.76. The largest absolute Gasteiger partial charge is 0.374 e. The number of ether oxygens (including phenoxy) is 1. The van der Waals surface area contributed by atoms with E-state index < -0.39 is 0 Å². The van der Waals surface area contributed by atoms with Crippen LogP contribution in [0.2, 0.25) is 0 Å². The highest BCUT2D eigenvalue weighted by Gasteiger charge is 2.24. The molecule has 0 unspecified atom stereocenters. The Labute approximate surface area is 132 Å². The van der Waals surface area contributed by atoms with Crippen LogP contribution in [0.15, 0.2) is 30.3 Å². The third kappa shape index (κ3) is 5.42. The van der Waals surface area contributed by atoms with Crippen molar-refractivity contribution in [1.29, 1.82) is 0 Å². The number of benzene rings is 1. The molecule has 2 rings (SSSR count). The van der Waals surface area contributed by atoms with E-state index in [4.69, 9.17) is 11.2 Å². The lowest BCUT2D eigenvalue weighted by atomic mass is 10.1. The number of hydrogen-bond donors (Lipinski definition) is 1. The normalized spacial score (nSPS) is 17.8. The molecule has 0 bridgehead atoms. The van der Waals surface area contributed by atoms with Gasteiger partial charge in [-0.15, -0.1) is 12.3 Å². The highest BCUT2D eigenvalue weighted by atomic mass is 16.5. The van der Waals surface area contributed by atoms with Gasteiger partial charge in [0.25, 0.3) is 0 Å². The van der Waals surface area contributed by atoms with Crippen molar-refractivity contribution in [3.8, 4) is 12.3 Å². The van der Waals surface area contributed by atoms with Crippen molar-refractivity contribution in [2.24, 2.45) is 0 Å². The molecular formula is C18H24N2O2. The van der Waals surface area contributed by atoms with Gasteiger partial charge in [-0.05, 0) is 18.4 Å². The molecule has 1 aromatic rings. The standard InChI is InChI=1S/C18H24N2O2/c1-2-3-4-8-11-19-18(21)20-12-13-22-17(15-20)14-16-9-6-5-7-10-16/h1,5-7,9-10,17H,3-4,8,11-15H2,(H,19,21)/t17-/m1/s1. The van der Waals surface area contributed by atoms with E-state index in [0.29, 0.717) is 26.2 Å². The lowest BCUT2D eigenvalue weighted by Gasteiger charge is -2.33. The van der Waals surface area contributed by atoms with Gasteiger partial charge >= 0.3 is 6.03 Å². The molecule has 0 spiro atoms. The van der Waals surface area contributed by atoms with Crippen LogP contribution in [-0.2, 0) is 11.2 Å². The molecule has 1 heterocycles. The highest BCUT2D eigenvalue weighted by molar-refractivity contribution is 5.74. The summed E-state index contributed by atoms with van der Waals surface area (Å²) in [6, 6.07) is 10.2. The summed E-state index contributed by atoms with van der Waals surface area (Å²) in [4.78, 5) is 14.0. The van der Waals surface area contributed by atoms with E-state index in [-0.39, 0.29) is 12.1 Å². The fraction of sp³-hybridized carbons (Fsp3) is 0.500. The first kappa shape index (κ1) is 16.4. The molecular weight excluding hydrogens is 276 g/mol. The van der Waals surface area contributed by atoms with Crippen LogP contribution in [0.25, 0.3) is 0 Å². The monoisotopic (exact) mass is 300 g/mol. The number of nitrogens with one attached hydrogen (secondary N) is 1. The molecule has 0 aliphatic carbocycles. The molecule has 1 aliphatic rings. The van der Waals surface area contributed by atoms with Crippen molar-refractivity contribution in [2.45, 2.75) is 31.8 Å². The predicted octanol–water partition coefficient (Wildman–Crippen LogP) is 2.44. The Bertz CT molecular complexity index is 496. The van der Waals surface area contributed by atoms with Crippen LogP contribution in [0.1, 0.15) is 24.8 Å². The minimum atomic E-state index is 0.00192. The smallest absolute Gasteiger partial charge is 0.317 e. The number of morpholine rings is 1. The molecule has 118 valence electrons. The van der Waals surface area contributed by atoms with Crippen molar-refractivity contribution >= 4 is 6.03 Å². The van der Waals surface area contributed by atoms with Crippen molar-refractivity contribution in [3.05, 3.63) is 35.9 Å². The summed E-state index contributed by atoms with van der Waals surface area (Å²) in [6.07, 6.45) is 8.77. The average molecular weight is 300 g/mol. The molecule has 1 saturated heterocycles. The summed E-state index contributed by atoms with van der Waals surface area (Å²) < 4.78 is 5.78. The van der Waals surface area contributed by atoms with Crippen LogP contribution in [0.5, 0.6) is 0 Å². The van der Waals surface area contributed by atoms with E-state index in [1.54, 1.807) is 0 Å². The van der Waals surface area contributed by atoms with E-state index in [1.165, 1.54) is 5.56 Å². The van der Waals surface area contributed by atoms with Crippen molar-refractivity contribution in [2.75, 3.05) is 26.2 Å². The van der Waals surface area contributed by atoms with Gasteiger partial charge in [-0.3, -0.25) is 0 Å². The van der Waals surface area contributed by atoms with Crippen molar-refractivity contribution in [1.82, 2.24) is 10.2 Å². The Morgan fingerprint density at radius 1 is 1.36 bits per heavy atom. The summed E-state index contributed by atoms with van der Waals surface area (Å²) in [5.41, 5.74) is 1.24. The van der Waals surface area contributed by atoms with Gasteiger partial charge < -0.3 is 15.0 Å².